The lowest BCUT2D eigenvalue weighted by Crippen LogP contribution is -2.61. The minimum atomic E-state index is -4.69. The van der Waals surface area contributed by atoms with Gasteiger partial charge in [0.05, 0.1) is 34.1 Å². The molecule has 12 nitrogen and oxygen atoms in total. The first-order chi connectivity index (χ1) is 20.0. The summed E-state index contributed by atoms with van der Waals surface area (Å²) < 4.78 is 43.1. The number of carbonyl (C=O) groups excluding carboxylic acids is 3. The summed E-state index contributed by atoms with van der Waals surface area (Å²) in [6.07, 6.45) is -2.24. The van der Waals surface area contributed by atoms with Crippen molar-refractivity contribution in [1.82, 2.24) is 39.8 Å². The zero-order chi connectivity index (χ0) is 30.2. The first kappa shape index (κ1) is 29.4. The average molecular weight is 608 g/mol. The predicted octanol–water partition coefficient (Wildman–Crippen LogP) is 2.67. The van der Waals surface area contributed by atoms with E-state index in [9.17, 15) is 27.6 Å². The largest absolute Gasteiger partial charge is 0.435 e. The van der Waals surface area contributed by atoms with Crippen LogP contribution in [0.5, 0.6) is 0 Å². The van der Waals surface area contributed by atoms with Gasteiger partial charge in [0.2, 0.25) is 0 Å². The molecule has 0 atom stereocenters. The Hall–Kier alpha value is -4.11. The second kappa shape index (κ2) is 11.6. The van der Waals surface area contributed by atoms with Gasteiger partial charge in [-0.2, -0.15) is 18.3 Å². The summed E-state index contributed by atoms with van der Waals surface area (Å²) in [5.74, 6) is -1.11. The smallest absolute Gasteiger partial charge is 0.335 e. The maximum atomic E-state index is 13.6. The van der Waals surface area contributed by atoms with E-state index in [1.807, 2.05) is 0 Å². The van der Waals surface area contributed by atoms with Crippen molar-refractivity contribution in [1.29, 1.82) is 0 Å². The molecule has 0 saturated carbocycles. The molecule has 224 valence electrons. The summed E-state index contributed by atoms with van der Waals surface area (Å²) in [4.78, 5) is 45.8. The van der Waals surface area contributed by atoms with E-state index < -0.39 is 17.8 Å². The number of aromatic nitrogens is 4. The van der Waals surface area contributed by atoms with Crippen molar-refractivity contribution in [2.75, 3.05) is 44.6 Å². The van der Waals surface area contributed by atoms with E-state index in [0.29, 0.717) is 26.2 Å². The monoisotopic (exact) mass is 607 g/mol. The van der Waals surface area contributed by atoms with Gasteiger partial charge in [-0.25, -0.2) is 9.78 Å². The Morgan fingerprint density at radius 3 is 2.40 bits per heavy atom. The Kier molecular flexibility index (Phi) is 8.14. The summed E-state index contributed by atoms with van der Waals surface area (Å²) >= 11 is 6.41. The van der Waals surface area contributed by atoms with Crippen molar-refractivity contribution in [3.63, 3.8) is 0 Å². The summed E-state index contributed by atoms with van der Waals surface area (Å²) in [6.45, 7) is 4.86. The average Bonchev–Trinajstić information content (AvgIpc) is 3.54. The van der Waals surface area contributed by atoms with Gasteiger partial charge in [-0.15, -0.1) is 0 Å². The van der Waals surface area contributed by atoms with Gasteiger partial charge in [0, 0.05) is 64.7 Å². The lowest BCUT2D eigenvalue weighted by atomic mass is 10.1. The van der Waals surface area contributed by atoms with Gasteiger partial charge in [0.25, 0.3) is 11.8 Å². The number of piperazine rings is 1. The topological polar surface area (TPSA) is 129 Å². The summed E-state index contributed by atoms with van der Waals surface area (Å²) in [6, 6.07) is 4.39. The van der Waals surface area contributed by atoms with Crippen LogP contribution in [0, 0.1) is 0 Å². The number of halogens is 4. The van der Waals surface area contributed by atoms with Crippen molar-refractivity contribution < 1.29 is 27.6 Å². The lowest BCUT2D eigenvalue weighted by Gasteiger charge is -2.37. The minimum absolute atomic E-state index is 0.0729. The van der Waals surface area contributed by atoms with Crippen molar-refractivity contribution in [2.45, 2.75) is 25.7 Å². The van der Waals surface area contributed by atoms with Crippen LogP contribution in [0.25, 0.3) is 11.3 Å². The number of benzene rings is 1. The van der Waals surface area contributed by atoms with Gasteiger partial charge in [-0.1, -0.05) is 11.6 Å². The number of alkyl halides is 3. The van der Waals surface area contributed by atoms with Gasteiger partial charge in [-0.3, -0.25) is 14.3 Å². The molecule has 2 aliphatic heterocycles. The number of aryl methyl sites for hydroxylation is 1. The number of nitrogens with one attached hydrogen (secondary N) is 3. The predicted molar refractivity (Wildman–Crippen MR) is 147 cm³/mol. The lowest BCUT2D eigenvalue weighted by molar-refractivity contribution is -0.141. The maximum absolute atomic E-state index is 13.6. The molecule has 0 bridgehead atoms. The van der Waals surface area contributed by atoms with Crippen LogP contribution < -0.4 is 16.0 Å². The molecule has 2 saturated heterocycles. The second-order valence-corrected chi connectivity index (χ2v) is 10.4. The van der Waals surface area contributed by atoms with Crippen LogP contribution in [0.3, 0.4) is 0 Å². The number of urea groups is 1. The molecule has 0 unspecified atom stereocenters. The number of anilines is 1. The van der Waals surface area contributed by atoms with E-state index >= 15 is 0 Å². The van der Waals surface area contributed by atoms with Crippen molar-refractivity contribution in [2.24, 2.45) is 7.05 Å². The summed E-state index contributed by atoms with van der Waals surface area (Å²) in [5, 5.41) is 12.4. The Bertz CT molecular complexity index is 1510. The van der Waals surface area contributed by atoms with Crippen LogP contribution in [0.1, 0.15) is 33.6 Å². The number of hydrogen-bond donors (Lipinski definition) is 3. The van der Waals surface area contributed by atoms with Crippen LogP contribution in [-0.2, 0) is 19.8 Å². The molecule has 2 aromatic heterocycles. The normalized spacial score (nSPS) is 15.9. The highest BCUT2D eigenvalue weighted by Gasteiger charge is 2.38. The highest BCUT2D eigenvalue weighted by Crippen LogP contribution is 2.36. The molecule has 1 aromatic carbocycles. The zero-order valence-corrected chi connectivity index (χ0v) is 23.6. The van der Waals surface area contributed by atoms with Gasteiger partial charge in [-0.05, 0) is 25.1 Å². The third kappa shape index (κ3) is 5.92. The van der Waals surface area contributed by atoms with Gasteiger partial charge >= 0.3 is 12.2 Å². The molecule has 2 aliphatic rings. The fraction of sp³-hybridized carbons (Fsp3) is 0.423. The van der Waals surface area contributed by atoms with Crippen molar-refractivity contribution >= 4 is 35.1 Å². The third-order valence-corrected chi connectivity index (χ3v) is 7.55. The Morgan fingerprint density at radius 2 is 1.81 bits per heavy atom. The fourth-order valence-corrected chi connectivity index (χ4v) is 5.01. The highest BCUT2D eigenvalue weighted by molar-refractivity contribution is 6.34. The number of amides is 4. The molecular formula is C26H29ClF3N9O3. The molecule has 3 N–H and O–H groups in total. The molecule has 16 heteroatoms. The molecule has 0 spiro atoms. The summed E-state index contributed by atoms with van der Waals surface area (Å²) in [5.41, 5.74) is -0.680. The Morgan fingerprint density at radius 1 is 1.12 bits per heavy atom. The minimum Gasteiger partial charge on any atom is -0.335 e. The molecule has 0 radical (unpaired) electrons. The standard InChI is InChI=1S/C26H29ClF3N9O3/c1-3-39-14-18(21(35-39)26(28,29)30)20-13-32-22(36(20)2)23(40)33-15-4-5-17(19(27)10-15)24(41)37-6-8-38(9-7-37)25(42)34-16-11-31-12-16/h4-5,10,13-14,16,31H,3,6-9,11-12H2,1-2H3,(H,33,40)(H,34,42). The van der Waals surface area contributed by atoms with Gasteiger partial charge < -0.3 is 30.3 Å². The molecule has 2 fully saturated rings. The van der Waals surface area contributed by atoms with Gasteiger partial charge in [0.1, 0.15) is 0 Å². The van der Waals surface area contributed by atoms with Gasteiger partial charge in [0.15, 0.2) is 11.5 Å². The molecule has 0 aliphatic carbocycles. The van der Waals surface area contributed by atoms with Crippen LogP contribution in [0.15, 0.2) is 30.6 Å². The number of rotatable bonds is 6. The van der Waals surface area contributed by atoms with Crippen LogP contribution >= 0.6 is 11.6 Å². The molecule has 42 heavy (non-hydrogen) atoms. The van der Waals surface area contributed by atoms with Crippen LogP contribution in [0.2, 0.25) is 5.02 Å². The molecular weight excluding hydrogens is 579 g/mol. The quantitative estimate of drug-likeness (QED) is 0.395. The molecule has 4 heterocycles. The highest BCUT2D eigenvalue weighted by atomic mass is 35.5. The Labute approximate surface area is 243 Å². The fourth-order valence-electron chi connectivity index (χ4n) is 4.74. The number of hydrogen-bond acceptors (Lipinski definition) is 6. The van der Waals surface area contributed by atoms with E-state index in [1.54, 1.807) is 16.7 Å². The van der Waals surface area contributed by atoms with Crippen molar-refractivity contribution in [3.8, 4) is 11.3 Å². The number of carbonyl (C=O) groups is 3. The first-order valence-corrected chi connectivity index (χ1v) is 13.7. The van der Waals surface area contributed by atoms with E-state index in [2.05, 4.69) is 26.0 Å². The van der Waals surface area contributed by atoms with E-state index in [1.165, 1.54) is 46.9 Å². The van der Waals surface area contributed by atoms with Crippen molar-refractivity contribution in [3.05, 3.63) is 52.7 Å². The Balaban J connectivity index is 1.23. The zero-order valence-electron chi connectivity index (χ0n) is 22.8. The molecule has 5 rings (SSSR count). The van der Waals surface area contributed by atoms with E-state index in [-0.39, 0.29) is 57.9 Å². The summed E-state index contributed by atoms with van der Waals surface area (Å²) in [7, 11) is 1.43. The number of nitrogens with zero attached hydrogens (tertiary/aromatic N) is 6. The molecule has 4 amide bonds. The van der Waals surface area contributed by atoms with E-state index in [0.717, 1.165) is 13.1 Å². The van der Waals surface area contributed by atoms with Crippen LogP contribution in [-0.4, -0.2) is 92.3 Å². The molecule has 3 aromatic rings. The maximum Gasteiger partial charge on any atom is 0.435 e. The SMILES string of the molecule is CCn1cc(-c2cnc(C(=O)Nc3ccc(C(=O)N4CCN(C(=O)NC5CNC5)CC4)c(Cl)c3)n2C)c(C(F)(F)F)n1. The van der Waals surface area contributed by atoms with Crippen LogP contribution in [0.4, 0.5) is 23.7 Å². The third-order valence-electron chi connectivity index (χ3n) is 7.24. The second-order valence-electron chi connectivity index (χ2n) is 10.0. The number of imidazole rings is 1. The van der Waals surface area contributed by atoms with E-state index in [4.69, 9.17) is 11.6 Å². The first-order valence-electron chi connectivity index (χ1n) is 13.3.